The number of carbonyl (C=O) groups excluding carboxylic acids is 2. The van der Waals surface area contributed by atoms with E-state index in [-0.39, 0.29) is 30.9 Å². The van der Waals surface area contributed by atoms with Crippen LogP contribution in [0.3, 0.4) is 0 Å². The molecule has 1 fully saturated rings. The molecule has 116 valence electrons. The molecule has 1 aromatic rings. The summed E-state index contributed by atoms with van der Waals surface area (Å²) in [6.07, 6.45) is 0.903. The van der Waals surface area contributed by atoms with Crippen LogP contribution in [-0.2, 0) is 0 Å². The summed E-state index contributed by atoms with van der Waals surface area (Å²) in [5.41, 5.74) is 16.6. The van der Waals surface area contributed by atoms with E-state index in [9.17, 15) is 9.59 Å². The number of hydrogen-bond acceptors (Lipinski definition) is 7. The van der Waals surface area contributed by atoms with Gasteiger partial charge < -0.3 is 32.7 Å². The molecule has 1 aliphatic rings. The van der Waals surface area contributed by atoms with Crippen LogP contribution in [0.1, 0.15) is 16.1 Å². The molecule has 2 rings (SSSR count). The van der Waals surface area contributed by atoms with Gasteiger partial charge >= 0.3 is 6.03 Å². The van der Waals surface area contributed by atoms with Crippen molar-refractivity contribution in [3.05, 3.63) is 4.88 Å². The molecular weight excluding hydrogens is 294 g/mol. The van der Waals surface area contributed by atoms with Crippen LogP contribution in [0.4, 0.5) is 15.7 Å². The van der Waals surface area contributed by atoms with Crippen molar-refractivity contribution in [3.8, 4) is 0 Å². The molecule has 21 heavy (non-hydrogen) atoms. The normalized spacial score (nSPS) is 17.8. The number of carbonyl (C=O) groups is 2. The van der Waals surface area contributed by atoms with Gasteiger partial charge in [0.15, 0.2) is 5.13 Å². The number of aromatic nitrogens is 1. The highest BCUT2D eigenvalue weighted by Crippen LogP contribution is 2.29. The maximum Gasteiger partial charge on any atom is 0.312 e. The fraction of sp³-hybridized carbons (Fsp3) is 0.545. The van der Waals surface area contributed by atoms with Gasteiger partial charge in [0.2, 0.25) is 0 Å². The second-order valence-corrected chi connectivity index (χ2v) is 5.73. The van der Waals surface area contributed by atoms with E-state index in [1.54, 1.807) is 0 Å². The quantitative estimate of drug-likeness (QED) is 0.424. The summed E-state index contributed by atoms with van der Waals surface area (Å²) in [4.78, 5) is 29.1. The second-order valence-electron chi connectivity index (χ2n) is 4.75. The number of urea groups is 1. The molecule has 0 aromatic carbocycles. The highest BCUT2D eigenvalue weighted by molar-refractivity contribution is 7.18. The second kappa shape index (κ2) is 6.59. The molecule has 0 bridgehead atoms. The fourth-order valence-corrected chi connectivity index (χ4v) is 2.96. The van der Waals surface area contributed by atoms with E-state index >= 15 is 0 Å². The number of nitrogens with one attached hydrogen (secondary N) is 2. The number of hydrogen-bond donors (Lipinski definition) is 5. The number of nitrogen functional groups attached to an aromatic ring is 1. The third-order valence-corrected chi connectivity index (χ3v) is 4.18. The Labute approximate surface area is 125 Å². The van der Waals surface area contributed by atoms with Crippen molar-refractivity contribution in [2.75, 3.05) is 36.8 Å². The van der Waals surface area contributed by atoms with Crippen molar-refractivity contribution in [1.29, 1.82) is 0 Å². The Morgan fingerprint density at radius 2 is 2.10 bits per heavy atom. The fourth-order valence-electron chi connectivity index (χ4n) is 2.02. The van der Waals surface area contributed by atoms with Crippen LogP contribution >= 0.6 is 11.3 Å². The molecule has 1 aromatic heterocycles. The van der Waals surface area contributed by atoms with Gasteiger partial charge in [-0.05, 0) is 6.42 Å². The van der Waals surface area contributed by atoms with Gasteiger partial charge in [-0.1, -0.05) is 11.3 Å². The summed E-state index contributed by atoms with van der Waals surface area (Å²) in [6.45, 7) is 2.06. The molecule has 0 aliphatic carbocycles. The molecule has 0 spiro atoms. The average Bonchev–Trinajstić information content (AvgIpc) is 3.00. The maximum atomic E-state index is 12.0. The molecular formula is C11H19N7O2S. The summed E-state index contributed by atoms with van der Waals surface area (Å²) in [6, 6.07) is -0.499. The third-order valence-electron chi connectivity index (χ3n) is 3.05. The summed E-state index contributed by atoms with van der Waals surface area (Å²) >= 11 is 1.24. The number of primary amides is 1. The molecule has 1 saturated heterocycles. The molecule has 9 nitrogen and oxygen atoms in total. The SMILES string of the molecule is NC(=O)NCCNC(=O)c1sc(N2CCC(N)C2)nc1N. The van der Waals surface area contributed by atoms with Crippen LogP contribution in [0.15, 0.2) is 0 Å². The Hall–Kier alpha value is -2.07. The Bertz CT molecular complexity index is 533. The van der Waals surface area contributed by atoms with Crippen LogP contribution in [0.25, 0.3) is 0 Å². The van der Waals surface area contributed by atoms with Crippen molar-refractivity contribution >= 4 is 34.2 Å². The van der Waals surface area contributed by atoms with Crippen molar-refractivity contribution < 1.29 is 9.59 Å². The largest absolute Gasteiger partial charge is 0.382 e. The van der Waals surface area contributed by atoms with Crippen LogP contribution in [0, 0.1) is 0 Å². The van der Waals surface area contributed by atoms with Crippen molar-refractivity contribution in [2.45, 2.75) is 12.5 Å². The lowest BCUT2D eigenvalue weighted by Crippen LogP contribution is -2.37. The first kappa shape index (κ1) is 15.3. The zero-order chi connectivity index (χ0) is 15.4. The highest BCUT2D eigenvalue weighted by Gasteiger charge is 2.24. The summed E-state index contributed by atoms with van der Waals surface area (Å²) < 4.78 is 0. The highest BCUT2D eigenvalue weighted by atomic mass is 32.1. The number of amides is 3. The molecule has 1 atom stereocenters. The number of nitrogens with two attached hydrogens (primary N) is 3. The minimum Gasteiger partial charge on any atom is -0.382 e. The number of rotatable bonds is 5. The van der Waals surface area contributed by atoms with Gasteiger partial charge in [-0.3, -0.25) is 4.79 Å². The number of thiazole rings is 1. The lowest BCUT2D eigenvalue weighted by Gasteiger charge is -2.12. The average molecular weight is 313 g/mol. The van der Waals surface area contributed by atoms with E-state index in [2.05, 4.69) is 15.6 Å². The van der Waals surface area contributed by atoms with E-state index in [0.29, 0.717) is 10.0 Å². The maximum absolute atomic E-state index is 12.0. The lowest BCUT2D eigenvalue weighted by molar-refractivity contribution is 0.0958. The van der Waals surface area contributed by atoms with Crippen LogP contribution in [0.5, 0.6) is 0 Å². The molecule has 1 unspecified atom stereocenters. The van der Waals surface area contributed by atoms with Crippen LogP contribution < -0.4 is 32.7 Å². The molecule has 1 aliphatic heterocycles. The summed E-state index contributed by atoms with van der Waals surface area (Å²) in [5, 5.41) is 5.74. The predicted octanol–water partition coefficient (Wildman–Crippen LogP) is -1.34. The third kappa shape index (κ3) is 3.95. The zero-order valence-corrected chi connectivity index (χ0v) is 12.3. The smallest absolute Gasteiger partial charge is 0.312 e. The van der Waals surface area contributed by atoms with E-state index in [1.807, 2.05) is 4.90 Å². The van der Waals surface area contributed by atoms with Crippen molar-refractivity contribution in [1.82, 2.24) is 15.6 Å². The van der Waals surface area contributed by atoms with Gasteiger partial charge in [-0.25, -0.2) is 9.78 Å². The van der Waals surface area contributed by atoms with E-state index in [4.69, 9.17) is 17.2 Å². The molecule has 0 saturated carbocycles. The van der Waals surface area contributed by atoms with Gasteiger partial charge in [0.25, 0.3) is 5.91 Å². The van der Waals surface area contributed by atoms with Gasteiger partial charge in [0, 0.05) is 32.2 Å². The minimum atomic E-state index is -0.630. The Kier molecular flexibility index (Phi) is 4.81. The first-order valence-corrected chi connectivity index (χ1v) is 7.37. The Morgan fingerprint density at radius 3 is 2.71 bits per heavy atom. The molecule has 0 radical (unpaired) electrons. The Morgan fingerprint density at radius 1 is 1.38 bits per heavy atom. The first-order valence-electron chi connectivity index (χ1n) is 6.55. The van der Waals surface area contributed by atoms with E-state index in [0.717, 1.165) is 19.5 Å². The van der Waals surface area contributed by atoms with Gasteiger partial charge in [-0.2, -0.15) is 0 Å². The van der Waals surface area contributed by atoms with E-state index < -0.39 is 6.03 Å². The standard InChI is InChI=1S/C11H19N7O2S/c12-6-1-4-18(5-6)11-17-8(13)7(21-11)9(19)15-2-3-16-10(14)20/h6H,1-5,12-13H2,(H,15,19)(H3,14,16,20). The topological polar surface area (TPSA) is 152 Å². The van der Waals surface area contributed by atoms with Crippen molar-refractivity contribution in [2.24, 2.45) is 11.5 Å². The predicted molar refractivity (Wildman–Crippen MR) is 81.3 cm³/mol. The number of anilines is 2. The summed E-state index contributed by atoms with van der Waals surface area (Å²) in [5.74, 6) is -0.109. The summed E-state index contributed by atoms with van der Waals surface area (Å²) in [7, 11) is 0. The Balaban J connectivity index is 1.92. The zero-order valence-electron chi connectivity index (χ0n) is 11.5. The first-order chi connectivity index (χ1) is 9.97. The molecule has 2 heterocycles. The molecule has 8 N–H and O–H groups in total. The monoisotopic (exact) mass is 313 g/mol. The van der Waals surface area contributed by atoms with Gasteiger partial charge in [0.1, 0.15) is 10.7 Å². The van der Waals surface area contributed by atoms with Crippen molar-refractivity contribution in [3.63, 3.8) is 0 Å². The molecule has 10 heteroatoms. The van der Waals surface area contributed by atoms with E-state index in [1.165, 1.54) is 11.3 Å². The lowest BCUT2D eigenvalue weighted by atomic mass is 10.3. The van der Waals surface area contributed by atoms with Crippen LogP contribution in [-0.4, -0.2) is 49.1 Å². The van der Waals surface area contributed by atoms with Gasteiger partial charge in [0.05, 0.1) is 0 Å². The minimum absolute atomic E-state index is 0.132. The van der Waals surface area contributed by atoms with Gasteiger partial charge in [-0.15, -0.1) is 0 Å². The van der Waals surface area contributed by atoms with Crippen LogP contribution in [0.2, 0.25) is 0 Å². The molecule has 3 amide bonds. The number of nitrogens with zero attached hydrogens (tertiary/aromatic N) is 2.